The molecule has 0 atom stereocenters. The Morgan fingerprint density at radius 1 is 1.24 bits per heavy atom. The maximum atomic E-state index is 12.1. The summed E-state index contributed by atoms with van der Waals surface area (Å²) >= 11 is 0. The first-order valence-electron chi connectivity index (χ1n) is 5.63. The number of rotatable bonds is 5. The predicted octanol–water partition coefficient (Wildman–Crippen LogP) is 3.80. The molecule has 0 aromatic heterocycles. The average Bonchev–Trinajstić information content (AvgIpc) is 3.02. The summed E-state index contributed by atoms with van der Waals surface area (Å²) in [6.07, 6.45) is -1.17. The van der Waals surface area contributed by atoms with E-state index in [1.807, 2.05) is 0 Å². The number of para-hydroxylation sites is 2. The second-order valence-electron chi connectivity index (χ2n) is 4.20. The molecule has 0 unspecified atom stereocenters. The van der Waals surface area contributed by atoms with Crippen LogP contribution in [0.25, 0.3) is 0 Å². The molecule has 0 bridgehead atoms. The van der Waals surface area contributed by atoms with E-state index in [-0.39, 0.29) is 5.75 Å². The maximum Gasteiger partial charge on any atom is 0.573 e. The highest BCUT2D eigenvalue weighted by atomic mass is 19.4. The lowest BCUT2D eigenvalue weighted by molar-refractivity contribution is -0.274. The Balaban J connectivity index is 1.94. The summed E-state index contributed by atoms with van der Waals surface area (Å²) in [5, 5.41) is 2.98. The molecular formula is C12H14F3NO. The van der Waals surface area contributed by atoms with Crippen molar-refractivity contribution in [1.82, 2.24) is 0 Å². The highest BCUT2D eigenvalue weighted by molar-refractivity contribution is 5.56. The lowest BCUT2D eigenvalue weighted by Gasteiger charge is -2.14. The minimum atomic E-state index is -4.64. The van der Waals surface area contributed by atoms with Crippen molar-refractivity contribution in [3.8, 4) is 5.75 Å². The minimum absolute atomic E-state index is 0.171. The van der Waals surface area contributed by atoms with E-state index >= 15 is 0 Å². The Bertz CT molecular complexity index is 374. The molecule has 1 aromatic rings. The number of hydrogen-bond donors (Lipinski definition) is 1. The smallest absolute Gasteiger partial charge is 0.404 e. The number of hydrogen-bond acceptors (Lipinski definition) is 2. The number of nitrogens with one attached hydrogen (secondary N) is 1. The highest BCUT2D eigenvalue weighted by Crippen LogP contribution is 2.33. The van der Waals surface area contributed by atoms with Gasteiger partial charge in [-0.3, -0.25) is 0 Å². The summed E-state index contributed by atoms with van der Waals surface area (Å²) in [7, 11) is 0. The van der Waals surface area contributed by atoms with E-state index in [0.29, 0.717) is 12.2 Å². The minimum Gasteiger partial charge on any atom is -0.404 e. The van der Waals surface area contributed by atoms with Gasteiger partial charge in [0.2, 0.25) is 0 Å². The van der Waals surface area contributed by atoms with Gasteiger partial charge in [0, 0.05) is 6.54 Å². The van der Waals surface area contributed by atoms with Crippen LogP contribution in [0.3, 0.4) is 0 Å². The van der Waals surface area contributed by atoms with Crippen molar-refractivity contribution in [1.29, 1.82) is 0 Å². The van der Waals surface area contributed by atoms with Gasteiger partial charge >= 0.3 is 6.36 Å². The first kappa shape index (κ1) is 12.1. The van der Waals surface area contributed by atoms with Crippen molar-refractivity contribution in [2.75, 3.05) is 11.9 Å². The summed E-state index contributed by atoms with van der Waals surface area (Å²) in [5.74, 6) is 0.578. The largest absolute Gasteiger partial charge is 0.573 e. The number of ether oxygens (including phenoxy) is 1. The third kappa shape index (κ3) is 4.17. The molecule has 94 valence electrons. The fraction of sp³-hybridized carbons (Fsp3) is 0.500. The van der Waals surface area contributed by atoms with E-state index < -0.39 is 6.36 Å². The normalized spacial score (nSPS) is 15.7. The maximum absolute atomic E-state index is 12.1. The number of halogens is 3. The van der Waals surface area contributed by atoms with Crippen molar-refractivity contribution >= 4 is 5.69 Å². The monoisotopic (exact) mass is 245 g/mol. The quantitative estimate of drug-likeness (QED) is 0.852. The number of anilines is 1. The Morgan fingerprint density at radius 3 is 2.59 bits per heavy atom. The highest BCUT2D eigenvalue weighted by Gasteiger charge is 2.32. The standard InChI is InChI=1S/C12H14F3NO/c13-12(14,15)17-11-4-2-1-3-10(11)16-8-7-9-5-6-9/h1-4,9,16H,5-8H2. The molecule has 2 nitrogen and oxygen atoms in total. The van der Waals surface area contributed by atoms with Gasteiger partial charge in [-0.2, -0.15) is 0 Å². The SMILES string of the molecule is FC(F)(F)Oc1ccccc1NCCC1CC1. The summed E-state index contributed by atoms with van der Waals surface area (Å²) in [4.78, 5) is 0. The average molecular weight is 245 g/mol. The molecule has 1 N–H and O–H groups in total. The van der Waals surface area contributed by atoms with Crippen molar-refractivity contribution in [3.05, 3.63) is 24.3 Å². The lowest BCUT2D eigenvalue weighted by Crippen LogP contribution is -2.18. The first-order chi connectivity index (χ1) is 8.04. The Labute approximate surface area is 97.8 Å². The Morgan fingerprint density at radius 2 is 1.94 bits per heavy atom. The van der Waals surface area contributed by atoms with Crippen LogP contribution in [0.2, 0.25) is 0 Å². The van der Waals surface area contributed by atoms with Crippen molar-refractivity contribution in [2.45, 2.75) is 25.6 Å². The van der Waals surface area contributed by atoms with Crippen LogP contribution in [0.1, 0.15) is 19.3 Å². The molecule has 5 heteroatoms. The van der Waals surface area contributed by atoms with Gasteiger partial charge in [-0.05, 0) is 24.5 Å². The van der Waals surface area contributed by atoms with E-state index in [9.17, 15) is 13.2 Å². The second-order valence-corrected chi connectivity index (χ2v) is 4.20. The fourth-order valence-electron chi connectivity index (χ4n) is 1.64. The van der Waals surface area contributed by atoms with E-state index in [2.05, 4.69) is 10.1 Å². The van der Waals surface area contributed by atoms with Gasteiger partial charge in [0.05, 0.1) is 5.69 Å². The van der Waals surface area contributed by atoms with Gasteiger partial charge in [-0.1, -0.05) is 25.0 Å². The molecule has 0 spiro atoms. The molecule has 0 saturated heterocycles. The fourth-order valence-corrected chi connectivity index (χ4v) is 1.64. The number of alkyl halides is 3. The predicted molar refractivity (Wildman–Crippen MR) is 59.0 cm³/mol. The van der Waals surface area contributed by atoms with Crippen LogP contribution >= 0.6 is 0 Å². The molecule has 1 fully saturated rings. The van der Waals surface area contributed by atoms with Crippen molar-refractivity contribution < 1.29 is 17.9 Å². The molecular weight excluding hydrogens is 231 g/mol. The van der Waals surface area contributed by atoms with E-state index in [1.165, 1.54) is 25.0 Å². The molecule has 2 rings (SSSR count). The molecule has 0 radical (unpaired) electrons. The van der Waals surface area contributed by atoms with Gasteiger partial charge in [-0.15, -0.1) is 13.2 Å². The summed E-state index contributed by atoms with van der Waals surface area (Å²) < 4.78 is 40.3. The Kier molecular flexibility index (Phi) is 3.45. The zero-order chi connectivity index (χ0) is 12.3. The van der Waals surface area contributed by atoms with Crippen LogP contribution in [0.15, 0.2) is 24.3 Å². The summed E-state index contributed by atoms with van der Waals surface area (Å²) in [6, 6.07) is 6.11. The van der Waals surface area contributed by atoms with Crippen LogP contribution in [0.4, 0.5) is 18.9 Å². The molecule has 0 amide bonds. The van der Waals surface area contributed by atoms with Gasteiger partial charge in [0.1, 0.15) is 0 Å². The van der Waals surface area contributed by atoms with E-state index in [1.54, 1.807) is 12.1 Å². The third-order valence-electron chi connectivity index (χ3n) is 2.68. The molecule has 17 heavy (non-hydrogen) atoms. The van der Waals surface area contributed by atoms with Crippen LogP contribution in [-0.2, 0) is 0 Å². The molecule has 1 aromatic carbocycles. The van der Waals surface area contributed by atoms with E-state index in [4.69, 9.17) is 0 Å². The van der Waals surface area contributed by atoms with Crippen LogP contribution in [-0.4, -0.2) is 12.9 Å². The lowest BCUT2D eigenvalue weighted by atomic mass is 10.2. The van der Waals surface area contributed by atoms with Gasteiger partial charge in [-0.25, -0.2) is 0 Å². The summed E-state index contributed by atoms with van der Waals surface area (Å²) in [5.41, 5.74) is 0.394. The second kappa shape index (κ2) is 4.85. The zero-order valence-electron chi connectivity index (χ0n) is 9.26. The molecule has 1 aliphatic carbocycles. The van der Waals surface area contributed by atoms with Gasteiger partial charge in [0.15, 0.2) is 5.75 Å². The molecule has 1 saturated carbocycles. The third-order valence-corrected chi connectivity index (χ3v) is 2.68. The molecule has 1 aliphatic rings. The molecule has 0 heterocycles. The number of benzene rings is 1. The molecule has 0 aliphatic heterocycles. The topological polar surface area (TPSA) is 21.3 Å². The van der Waals surface area contributed by atoms with E-state index in [0.717, 1.165) is 12.3 Å². The van der Waals surface area contributed by atoms with Crippen LogP contribution in [0, 0.1) is 5.92 Å². The van der Waals surface area contributed by atoms with Crippen LogP contribution in [0.5, 0.6) is 5.75 Å². The van der Waals surface area contributed by atoms with Gasteiger partial charge in [0.25, 0.3) is 0 Å². The summed E-state index contributed by atoms with van der Waals surface area (Å²) in [6.45, 7) is 0.683. The first-order valence-corrected chi connectivity index (χ1v) is 5.63. The Hall–Kier alpha value is -1.39. The van der Waals surface area contributed by atoms with Crippen LogP contribution < -0.4 is 10.1 Å². The van der Waals surface area contributed by atoms with Gasteiger partial charge < -0.3 is 10.1 Å². The zero-order valence-corrected chi connectivity index (χ0v) is 9.26. The van der Waals surface area contributed by atoms with Crippen molar-refractivity contribution in [3.63, 3.8) is 0 Å². The van der Waals surface area contributed by atoms with Crippen molar-refractivity contribution in [2.24, 2.45) is 5.92 Å².